The smallest absolute Gasteiger partial charge is 0.345 e. The summed E-state index contributed by atoms with van der Waals surface area (Å²) in [5.41, 5.74) is 0.127. The number of fused-ring (bicyclic) bond motifs is 1. The van der Waals surface area contributed by atoms with Crippen molar-refractivity contribution in [1.29, 1.82) is 0 Å². The highest BCUT2D eigenvalue weighted by molar-refractivity contribution is 5.88. The molecule has 0 saturated heterocycles. The quantitative estimate of drug-likeness (QED) is 0.869. The fourth-order valence-electron chi connectivity index (χ4n) is 3.12. The van der Waals surface area contributed by atoms with E-state index in [1.807, 2.05) is 30.3 Å². The minimum Gasteiger partial charge on any atom is -0.462 e. The van der Waals surface area contributed by atoms with Gasteiger partial charge >= 0.3 is 5.97 Å². The van der Waals surface area contributed by atoms with Crippen LogP contribution in [0.2, 0.25) is 0 Å². The standard InChI is InChI=1S/C18H20N2O4/c1-2-24-18(23)14-11-20-10-6-9-13(16(20)19-17(14)22)15(21)12-7-4-3-5-8-12/h3-5,7-8,11,13,15,21H,2,6,9-10H2,1H3/t13-,15+/m0/s1. The summed E-state index contributed by atoms with van der Waals surface area (Å²) in [7, 11) is 0. The summed E-state index contributed by atoms with van der Waals surface area (Å²) in [4.78, 5) is 28.2. The summed E-state index contributed by atoms with van der Waals surface area (Å²) in [6.45, 7) is 2.55. The molecule has 3 rings (SSSR count). The molecule has 0 saturated carbocycles. The van der Waals surface area contributed by atoms with Gasteiger partial charge < -0.3 is 14.4 Å². The Labute approximate surface area is 139 Å². The third-order valence-corrected chi connectivity index (χ3v) is 4.29. The van der Waals surface area contributed by atoms with Gasteiger partial charge in [0.05, 0.1) is 12.7 Å². The zero-order valence-corrected chi connectivity index (χ0v) is 13.5. The summed E-state index contributed by atoms with van der Waals surface area (Å²) in [6.07, 6.45) is 2.35. The predicted octanol–water partition coefficient (Wildman–Crippen LogP) is 2.03. The monoisotopic (exact) mass is 328 g/mol. The lowest BCUT2D eigenvalue weighted by atomic mass is 9.88. The number of esters is 1. The van der Waals surface area contributed by atoms with E-state index in [9.17, 15) is 14.7 Å². The first-order chi connectivity index (χ1) is 11.6. The molecular weight excluding hydrogens is 308 g/mol. The van der Waals surface area contributed by atoms with E-state index in [2.05, 4.69) is 4.98 Å². The number of rotatable bonds is 4. The van der Waals surface area contributed by atoms with Gasteiger partial charge in [0.1, 0.15) is 11.4 Å². The van der Waals surface area contributed by atoms with E-state index in [-0.39, 0.29) is 18.1 Å². The van der Waals surface area contributed by atoms with E-state index in [1.54, 1.807) is 11.5 Å². The number of benzene rings is 1. The number of carbonyl (C=O) groups is 1. The lowest BCUT2D eigenvalue weighted by Crippen LogP contribution is -2.31. The van der Waals surface area contributed by atoms with Crippen LogP contribution in [0.3, 0.4) is 0 Å². The van der Waals surface area contributed by atoms with E-state index in [1.165, 1.54) is 6.20 Å². The van der Waals surface area contributed by atoms with Crippen molar-refractivity contribution in [3.05, 3.63) is 63.8 Å². The van der Waals surface area contributed by atoms with Gasteiger partial charge in [0.25, 0.3) is 5.56 Å². The third kappa shape index (κ3) is 3.10. The Morgan fingerprint density at radius 3 is 2.88 bits per heavy atom. The molecule has 0 fully saturated rings. The second kappa shape index (κ2) is 6.97. The zero-order chi connectivity index (χ0) is 17.1. The van der Waals surface area contributed by atoms with Gasteiger partial charge in [-0.2, -0.15) is 4.98 Å². The summed E-state index contributed by atoms with van der Waals surface area (Å²) < 4.78 is 6.69. The Hall–Kier alpha value is -2.47. The van der Waals surface area contributed by atoms with Gasteiger partial charge in [-0.1, -0.05) is 30.3 Å². The second-order valence-corrected chi connectivity index (χ2v) is 5.84. The van der Waals surface area contributed by atoms with E-state index in [4.69, 9.17) is 4.74 Å². The molecule has 0 bridgehead atoms. The van der Waals surface area contributed by atoms with Crippen LogP contribution in [0.25, 0.3) is 0 Å². The number of aromatic nitrogens is 2. The van der Waals surface area contributed by atoms with Crippen LogP contribution in [0, 0.1) is 0 Å². The molecule has 0 amide bonds. The van der Waals surface area contributed by atoms with Gasteiger partial charge in [-0.3, -0.25) is 4.79 Å². The number of aliphatic hydroxyl groups is 1. The van der Waals surface area contributed by atoms with Crippen LogP contribution in [0.1, 0.15) is 53.5 Å². The maximum absolute atomic E-state index is 12.2. The van der Waals surface area contributed by atoms with Gasteiger partial charge in [-0.05, 0) is 25.3 Å². The lowest BCUT2D eigenvalue weighted by molar-refractivity contribution is 0.0522. The molecule has 0 aliphatic carbocycles. The first kappa shape index (κ1) is 16.4. The first-order valence-corrected chi connectivity index (χ1v) is 8.13. The molecule has 2 heterocycles. The van der Waals surface area contributed by atoms with Gasteiger partial charge in [0, 0.05) is 18.7 Å². The molecular formula is C18H20N2O4. The fraction of sp³-hybridized carbons (Fsp3) is 0.389. The van der Waals surface area contributed by atoms with Crippen LogP contribution >= 0.6 is 0 Å². The molecule has 1 N–H and O–H groups in total. The molecule has 2 aromatic rings. The van der Waals surface area contributed by atoms with Crippen molar-refractivity contribution in [3.63, 3.8) is 0 Å². The fourth-order valence-corrected chi connectivity index (χ4v) is 3.12. The van der Waals surface area contributed by atoms with Gasteiger partial charge in [-0.15, -0.1) is 0 Å². The number of nitrogens with zero attached hydrogens (tertiary/aromatic N) is 2. The molecule has 6 heteroatoms. The molecule has 1 aliphatic heterocycles. The number of carbonyl (C=O) groups excluding carboxylic acids is 1. The molecule has 0 spiro atoms. The van der Waals surface area contributed by atoms with Crippen LogP contribution in [0.15, 0.2) is 41.3 Å². The maximum atomic E-state index is 12.2. The summed E-state index contributed by atoms with van der Waals surface area (Å²) in [5.74, 6) is -0.406. The molecule has 2 atom stereocenters. The van der Waals surface area contributed by atoms with Crippen molar-refractivity contribution in [3.8, 4) is 0 Å². The van der Waals surface area contributed by atoms with Crippen LogP contribution in [-0.2, 0) is 11.3 Å². The Bertz CT molecular complexity index is 785. The molecule has 0 radical (unpaired) electrons. The summed E-state index contributed by atoms with van der Waals surface area (Å²) in [6, 6.07) is 9.33. The SMILES string of the molecule is CCOC(=O)c1cn2c(nc1=O)[C@H]([C@H](O)c1ccccc1)CCC2. The third-order valence-electron chi connectivity index (χ3n) is 4.29. The molecule has 1 aromatic carbocycles. The minimum atomic E-state index is -0.738. The largest absolute Gasteiger partial charge is 0.462 e. The zero-order valence-electron chi connectivity index (χ0n) is 13.5. The molecule has 6 nitrogen and oxygen atoms in total. The first-order valence-electron chi connectivity index (χ1n) is 8.13. The molecule has 1 aliphatic rings. The normalized spacial score (nSPS) is 17.8. The van der Waals surface area contributed by atoms with E-state index < -0.39 is 17.6 Å². The van der Waals surface area contributed by atoms with Crippen molar-refractivity contribution in [2.24, 2.45) is 0 Å². The van der Waals surface area contributed by atoms with Gasteiger partial charge in [-0.25, -0.2) is 4.79 Å². The number of hydrogen-bond acceptors (Lipinski definition) is 5. The number of aryl methyl sites for hydroxylation is 1. The summed E-state index contributed by atoms with van der Waals surface area (Å²) >= 11 is 0. The Morgan fingerprint density at radius 1 is 1.42 bits per heavy atom. The predicted molar refractivity (Wildman–Crippen MR) is 87.8 cm³/mol. The highest BCUT2D eigenvalue weighted by Gasteiger charge is 2.30. The van der Waals surface area contributed by atoms with Crippen LogP contribution in [0.5, 0.6) is 0 Å². The average Bonchev–Trinajstić information content (AvgIpc) is 2.61. The molecule has 24 heavy (non-hydrogen) atoms. The summed E-state index contributed by atoms with van der Waals surface area (Å²) in [5, 5.41) is 10.7. The molecule has 1 aromatic heterocycles. The number of aliphatic hydroxyl groups excluding tert-OH is 1. The Morgan fingerprint density at radius 2 is 2.17 bits per heavy atom. The Balaban J connectivity index is 1.98. The van der Waals surface area contributed by atoms with E-state index in [0.717, 1.165) is 18.4 Å². The van der Waals surface area contributed by atoms with Crippen molar-refractivity contribution < 1.29 is 14.6 Å². The van der Waals surface area contributed by atoms with Crippen molar-refractivity contribution in [2.75, 3.05) is 6.61 Å². The van der Waals surface area contributed by atoms with Gasteiger partial charge in [0.15, 0.2) is 0 Å². The van der Waals surface area contributed by atoms with Crippen LogP contribution < -0.4 is 5.56 Å². The van der Waals surface area contributed by atoms with Crippen molar-refractivity contribution in [2.45, 2.75) is 38.3 Å². The van der Waals surface area contributed by atoms with Crippen molar-refractivity contribution >= 4 is 5.97 Å². The average molecular weight is 328 g/mol. The van der Waals surface area contributed by atoms with Gasteiger partial charge in [0.2, 0.25) is 0 Å². The topological polar surface area (TPSA) is 81.4 Å². The number of hydrogen-bond donors (Lipinski definition) is 1. The van der Waals surface area contributed by atoms with E-state index in [0.29, 0.717) is 12.4 Å². The Kier molecular flexibility index (Phi) is 4.76. The number of ether oxygens (including phenoxy) is 1. The highest BCUT2D eigenvalue weighted by Crippen LogP contribution is 2.36. The molecule has 0 unspecified atom stereocenters. The molecule has 126 valence electrons. The second-order valence-electron chi connectivity index (χ2n) is 5.84. The van der Waals surface area contributed by atoms with Crippen LogP contribution in [0.4, 0.5) is 0 Å². The van der Waals surface area contributed by atoms with E-state index >= 15 is 0 Å². The maximum Gasteiger partial charge on any atom is 0.345 e. The highest BCUT2D eigenvalue weighted by atomic mass is 16.5. The minimum absolute atomic E-state index is 0.0598. The van der Waals surface area contributed by atoms with Crippen molar-refractivity contribution in [1.82, 2.24) is 9.55 Å². The lowest BCUT2D eigenvalue weighted by Gasteiger charge is -2.29. The van der Waals surface area contributed by atoms with Crippen LogP contribution in [-0.4, -0.2) is 27.2 Å².